The van der Waals surface area contributed by atoms with Crippen molar-refractivity contribution in [2.45, 2.75) is 25.7 Å². The summed E-state index contributed by atoms with van der Waals surface area (Å²) in [6.07, 6.45) is 5.25. The highest BCUT2D eigenvalue weighted by Gasteiger charge is 2.36. The first-order valence-corrected chi connectivity index (χ1v) is 5.07. The fourth-order valence-electron chi connectivity index (χ4n) is 2.66. The number of fused-ring (bicyclic) bond motifs is 1. The molecule has 2 unspecified atom stereocenters. The Morgan fingerprint density at radius 2 is 1.77 bits per heavy atom. The van der Waals surface area contributed by atoms with E-state index in [9.17, 15) is 4.79 Å². The van der Waals surface area contributed by atoms with Gasteiger partial charge in [-0.2, -0.15) is 0 Å². The van der Waals surface area contributed by atoms with Crippen LogP contribution < -0.4 is 11.3 Å². The van der Waals surface area contributed by atoms with Crippen molar-refractivity contribution in [1.29, 1.82) is 0 Å². The van der Waals surface area contributed by atoms with Crippen LogP contribution in [0.4, 0.5) is 4.79 Å². The van der Waals surface area contributed by atoms with Crippen molar-refractivity contribution in [2.24, 2.45) is 17.7 Å². The van der Waals surface area contributed by atoms with Crippen LogP contribution in [0, 0.1) is 11.8 Å². The average Bonchev–Trinajstić information content (AvgIpc) is 2.59. The van der Waals surface area contributed by atoms with Gasteiger partial charge in [0.2, 0.25) is 0 Å². The molecule has 2 rings (SSSR count). The number of carbonyl (C=O) groups excluding carboxylic acids is 1. The normalized spacial score (nSPS) is 32.8. The molecule has 74 valence electrons. The van der Waals surface area contributed by atoms with Gasteiger partial charge < -0.3 is 4.90 Å². The van der Waals surface area contributed by atoms with Crippen LogP contribution in [0.25, 0.3) is 0 Å². The lowest BCUT2D eigenvalue weighted by Gasteiger charge is -2.22. The van der Waals surface area contributed by atoms with Crippen molar-refractivity contribution in [1.82, 2.24) is 10.3 Å². The number of hydrogen-bond donors (Lipinski definition) is 2. The Labute approximate surface area is 78.4 Å². The molecule has 13 heavy (non-hydrogen) atoms. The Kier molecular flexibility index (Phi) is 2.40. The Hall–Kier alpha value is -0.770. The van der Waals surface area contributed by atoms with Gasteiger partial charge in [-0.15, -0.1) is 0 Å². The maximum atomic E-state index is 11.2. The van der Waals surface area contributed by atoms with Gasteiger partial charge in [0.15, 0.2) is 0 Å². The molecule has 0 aromatic carbocycles. The molecular weight excluding hydrogens is 166 g/mol. The van der Waals surface area contributed by atoms with Crippen molar-refractivity contribution >= 4 is 6.03 Å². The molecule has 1 aliphatic carbocycles. The number of hydrazine groups is 1. The summed E-state index contributed by atoms with van der Waals surface area (Å²) < 4.78 is 0. The lowest BCUT2D eigenvalue weighted by molar-refractivity contribution is 0.206. The zero-order chi connectivity index (χ0) is 9.26. The van der Waals surface area contributed by atoms with E-state index in [1.165, 1.54) is 25.7 Å². The van der Waals surface area contributed by atoms with Gasteiger partial charge >= 0.3 is 6.03 Å². The SMILES string of the molecule is NNC(=O)N1CC2CCCCC2C1. The molecule has 0 radical (unpaired) electrons. The van der Waals surface area contributed by atoms with Crippen molar-refractivity contribution < 1.29 is 4.79 Å². The van der Waals surface area contributed by atoms with E-state index in [1.807, 2.05) is 4.90 Å². The van der Waals surface area contributed by atoms with E-state index in [-0.39, 0.29) is 6.03 Å². The maximum Gasteiger partial charge on any atom is 0.331 e. The molecular formula is C9H17N3O. The van der Waals surface area contributed by atoms with Crippen LogP contribution in [-0.2, 0) is 0 Å². The van der Waals surface area contributed by atoms with Gasteiger partial charge in [-0.3, -0.25) is 5.43 Å². The van der Waals surface area contributed by atoms with Crippen LogP contribution in [0.3, 0.4) is 0 Å². The van der Waals surface area contributed by atoms with E-state index in [0.29, 0.717) is 0 Å². The minimum atomic E-state index is -0.116. The Balaban J connectivity index is 1.94. The van der Waals surface area contributed by atoms with E-state index >= 15 is 0 Å². The molecule has 1 saturated heterocycles. The number of nitrogens with one attached hydrogen (secondary N) is 1. The van der Waals surface area contributed by atoms with E-state index in [0.717, 1.165) is 24.9 Å². The first-order valence-electron chi connectivity index (χ1n) is 5.07. The first-order chi connectivity index (χ1) is 6.31. The lowest BCUT2D eigenvalue weighted by atomic mass is 9.82. The summed E-state index contributed by atoms with van der Waals surface area (Å²) in [5, 5.41) is 0. The quantitative estimate of drug-likeness (QED) is 0.330. The Bertz CT molecular complexity index is 193. The number of nitrogens with two attached hydrogens (primary N) is 1. The summed E-state index contributed by atoms with van der Waals surface area (Å²) in [4.78, 5) is 13.1. The fraction of sp³-hybridized carbons (Fsp3) is 0.889. The smallest absolute Gasteiger partial charge is 0.323 e. The Morgan fingerprint density at radius 3 is 2.23 bits per heavy atom. The van der Waals surface area contributed by atoms with Crippen LogP contribution in [0.1, 0.15) is 25.7 Å². The molecule has 2 fully saturated rings. The molecule has 0 aromatic heterocycles. The molecule has 1 heterocycles. The number of urea groups is 1. The summed E-state index contributed by atoms with van der Waals surface area (Å²) >= 11 is 0. The van der Waals surface area contributed by atoms with Crippen molar-refractivity contribution in [3.63, 3.8) is 0 Å². The van der Waals surface area contributed by atoms with Gasteiger partial charge in [0.05, 0.1) is 0 Å². The minimum Gasteiger partial charge on any atom is -0.323 e. The van der Waals surface area contributed by atoms with E-state index in [4.69, 9.17) is 5.84 Å². The third-order valence-corrected chi connectivity index (χ3v) is 3.39. The van der Waals surface area contributed by atoms with Crippen LogP contribution in [0.2, 0.25) is 0 Å². The third kappa shape index (κ3) is 1.63. The molecule has 3 N–H and O–H groups in total. The zero-order valence-electron chi connectivity index (χ0n) is 7.83. The summed E-state index contributed by atoms with van der Waals surface area (Å²) in [5.74, 6) is 6.58. The number of likely N-dealkylation sites (tertiary alicyclic amines) is 1. The molecule has 2 atom stereocenters. The number of rotatable bonds is 0. The second-order valence-electron chi connectivity index (χ2n) is 4.16. The standard InChI is InChI=1S/C9H17N3O/c10-11-9(13)12-5-7-3-1-2-4-8(7)6-12/h7-8H,1-6,10H2,(H,11,13). The van der Waals surface area contributed by atoms with Crippen LogP contribution in [0.5, 0.6) is 0 Å². The van der Waals surface area contributed by atoms with Gasteiger partial charge in [0, 0.05) is 13.1 Å². The molecule has 2 aliphatic rings. The van der Waals surface area contributed by atoms with Gasteiger partial charge in [-0.1, -0.05) is 12.8 Å². The number of carbonyl (C=O) groups is 1. The number of amides is 2. The molecule has 0 bridgehead atoms. The molecule has 1 aliphatic heterocycles. The maximum absolute atomic E-state index is 11.2. The second-order valence-corrected chi connectivity index (χ2v) is 4.16. The second kappa shape index (κ2) is 3.54. The van der Waals surface area contributed by atoms with E-state index < -0.39 is 0 Å². The molecule has 0 aromatic rings. The summed E-state index contributed by atoms with van der Waals surface area (Å²) in [7, 11) is 0. The third-order valence-electron chi connectivity index (χ3n) is 3.39. The predicted molar refractivity (Wildman–Crippen MR) is 49.7 cm³/mol. The monoisotopic (exact) mass is 183 g/mol. The van der Waals surface area contributed by atoms with Crippen LogP contribution in [-0.4, -0.2) is 24.0 Å². The van der Waals surface area contributed by atoms with E-state index in [1.54, 1.807) is 0 Å². The van der Waals surface area contributed by atoms with Crippen molar-refractivity contribution in [2.75, 3.05) is 13.1 Å². The molecule has 2 amide bonds. The van der Waals surface area contributed by atoms with Crippen molar-refractivity contribution in [3.8, 4) is 0 Å². The van der Waals surface area contributed by atoms with Gasteiger partial charge in [0.1, 0.15) is 0 Å². The zero-order valence-corrected chi connectivity index (χ0v) is 7.83. The first kappa shape index (κ1) is 8.81. The summed E-state index contributed by atoms with van der Waals surface area (Å²) in [5.41, 5.74) is 2.20. The highest BCUT2D eigenvalue weighted by molar-refractivity contribution is 5.73. The van der Waals surface area contributed by atoms with E-state index in [2.05, 4.69) is 5.43 Å². The fourth-order valence-corrected chi connectivity index (χ4v) is 2.66. The lowest BCUT2D eigenvalue weighted by Crippen LogP contribution is -2.42. The van der Waals surface area contributed by atoms with Crippen molar-refractivity contribution in [3.05, 3.63) is 0 Å². The molecule has 4 nitrogen and oxygen atoms in total. The average molecular weight is 183 g/mol. The Morgan fingerprint density at radius 1 is 1.23 bits per heavy atom. The number of hydrogen-bond acceptors (Lipinski definition) is 2. The predicted octanol–water partition coefficient (Wildman–Crippen LogP) is 0.692. The van der Waals surface area contributed by atoms with Gasteiger partial charge in [-0.05, 0) is 24.7 Å². The molecule has 0 spiro atoms. The van der Waals surface area contributed by atoms with Crippen LogP contribution >= 0.6 is 0 Å². The topological polar surface area (TPSA) is 58.4 Å². The highest BCUT2D eigenvalue weighted by atomic mass is 16.2. The van der Waals surface area contributed by atoms with Gasteiger partial charge in [-0.25, -0.2) is 10.6 Å². The summed E-state index contributed by atoms with van der Waals surface area (Å²) in [6.45, 7) is 1.82. The van der Waals surface area contributed by atoms with Crippen LogP contribution in [0.15, 0.2) is 0 Å². The molecule has 1 saturated carbocycles. The largest absolute Gasteiger partial charge is 0.331 e. The highest BCUT2D eigenvalue weighted by Crippen LogP contribution is 2.35. The van der Waals surface area contributed by atoms with Gasteiger partial charge in [0.25, 0.3) is 0 Å². The summed E-state index contributed by atoms with van der Waals surface area (Å²) in [6, 6.07) is -0.116. The minimum absolute atomic E-state index is 0.116. The molecule has 4 heteroatoms. The number of nitrogens with zero attached hydrogens (tertiary/aromatic N) is 1.